The molecular formula is C33H44N4O6. The number of hydrogen-bond donors (Lipinski definition) is 4. The van der Waals surface area contributed by atoms with Crippen molar-refractivity contribution in [3.05, 3.63) is 59.7 Å². The Balaban J connectivity index is 1.19. The second-order valence-electron chi connectivity index (χ2n) is 12.4. The van der Waals surface area contributed by atoms with Crippen molar-refractivity contribution < 1.29 is 29.4 Å². The second kappa shape index (κ2) is 13.4. The monoisotopic (exact) mass is 592 g/mol. The van der Waals surface area contributed by atoms with Crippen LogP contribution in [0.5, 0.6) is 11.5 Å². The van der Waals surface area contributed by atoms with Crippen LogP contribution in [0.1, 0.15) is 87.1 Å². The van der Waals surface area contributed by atoms with Crippen LogP contribution in [0.25, 0.3) is 0 Å². The summed E-state index contributed by atoms with van der Waals surface area (Å²) in [6.07, 6.45) is 7.65. The summed E-state index contributed by atoms with van der Waals surface area (Å²) in [6, 6.07) is 13.6. The van der Waals surface area contributed by atoms with Gasteiger partial charge in [0.1, 0.15) is 23.1 Å². The Morgan fingerprint density at radius 3 is 2.21 bits per heavy atom. The molecule has 2 saturated heterocycles. The van der Waals surface area contributed by atoms with Gasteiger partial charge < -0.3 is 20.1 Å². The van der Waals surface area contributed by atoms with Gasteiger partial charge in [0.25, 0.3) is 5.91 Å². The molecule has 1 spiro atoms. The van der Waals surface area contributed by atoms with Gasteiger partial charge in [-0.05, 0) is 74.1 Å². The number of piperazine rings is 1. The number of carbonyl (C=O) groups is 3. The van der Waals surface area contributed by atoms with E-state index in [0.29, 0.717) is 68.8 Å². The van der Waals surface area contributed by atoms with E-state index in [4.69, 9.17) is 9.94 Å². The number of carbonyl (C=O) groups excluding carboxylic acids is 3. The Labute approximate surface area is 253 Å². The molecule has 1 saturated carbocycles. The molecule has 1 atom stereocenters. The predicted octanol–water partition coefficient (Wildman–Crippen LogP) is 4.14. The first-order valence-corrected chi connectivity index (χ1v) is 15.6. The zero-order valence-electron chi connectivity index (χ0n) is 25.0. The third-order valence-electron chi connectivity index (χ3n) is 9.38. The molecule has 10 nitrogen and oxygen atoms in total. The van der Waals surface area contributed by atoms with Crippen LogP contribution in [-0.2, 0) is 16.1 Å². The van der Waals surface area contributed by atoms with E-state index in [1.54, 1.807) is 29.7 Å². The molecule has 0 bridgehead atoms. The van der Waals surface area contributed by atoms with Crippen molar-refractivity contribution in [2.45, 2.75) is 94.9 Å². The molecule has 0 radical (unpaired) electrons. The Hall–Kier alpha value is -3.47. The molecule has 3 fully saturated rings. The van der Waals surface area contributed by atoms with E-state index in [1.807, 2.05) is 29.2 Å². The van der Waals surface area contributed by atoms with Gasteiger partial charge in [-0.15, -0.1) is 0 Å². The van der Waals surface area contributed by atoms with Gasteiger partial charge in [0.2, 0.25) is 11.8 Å². The number of hydroxylamine groups is 1. The number of piperidine rings is 1. The van der Waals surface area contributed by atoms with Crippen LogP contribution in [0.2, 0.25) is 0 Å². The van der Waals surface area contributed by atoms with E-state index in [0.717, 1.165) is 44.2 Å². The summed E-state index contributed by atoms with van der Waals surface area (Å²) in [6.45, 7) is 4.78. The normalized spacial score (nSPS) is 21.8. The van der Waals surface area contributed by atoms with Gasteiger partial charge in [-0.1, -0.05) is 44.7 Å². The molecule has 3 amide bonds. The van der Waals surface area contributed by atoms with E-state index < -0.39 is 23.1 Å². The summed E-state index contributed by atoms with van der Waals surface area (Å²) in [5, 5.41) is 22.9. The Kier molecular flexibility index (Phi) is 9.68. The van der Waals surface area contributed by atoms with Gasteiger partial charge in [-0.3, -0.25) is 24.5 Å². The van der Waals surface area contributed by atoms with Gasteiger partial charge in [-0.25, -0.2) is 5.48 Å². The highest BCUT2D eigenvalue weighted by Gasteiger charge is 2.54. The van der Waals surface area contributed by atoms with Crippen molar-refractivity contribution in [1.29, 1.82) is 0 Å². The van der Waals surface area contributed by atoms with E-state index in [-0.39, 0.29) is 11.8 Å². The fraction of sp³-hybridized carbons (Fsp3) is 0.545. The molecule has 5 rings (SSSR count). The minimum absolute atomic E-state index is 0.0395. The standard InChI is InChI=1S/C33H44N4O6/c1-2-3-19-37-30(39)28(22-32(41)15-5-4-6-16-32)34-31(40)33(37)17-20-36(21-18-33)23-24-7-11-26(12-8-24)43-27-13-9-25(10-14-27)29(38)35-42/h7-14,28,41-42H,2-6,15-23H2,1H3,(H,34,40)(H,35,38)/t28-/m1/s1. The molecule has 0 aromatic heterocycles. The van der Waals surface area contributed by atoms with Crippen LogP contribution in [0.3, 0.4) is 0 Å². The lowest BCUT2D eigenvalue weighted by Crippen LogP contribution is -2.73. The van der Waals surface area contributed by atoms with E-state index in [9.17, 15) is 19.5 Å². The van der Waals surface area contributed by atoms with Crippen LogP contribution >= 0.6 is 0 Å². The van der Waals surface area contributed by atoms with Crippen molar-refractivity contribution >= 4 is 17.7 Å². The van der Waals surface area contributed by atoms with Gasteiger partial charge in [0.15, 0.2) is 0 Å². The largest absolute Gasteiger partial charge is 0.457 e. The first-order chi connectivity index (χ1) is 20.7. The van der Waals surface area contributed by atoms with Gasteiger partial charge in [-0.2, -0.15) is 0 Å². The topological polar surface area (TPSA) is 131 Å². The SMILES string of the molecule is CCCCN1C(=O)[C@@H](CC2(O)CCCCC2)NC(=O)C12CCN(Cc1ccc(Oc3ccc(C(=O)NO)cc3)cc1)CC2. The molecule has 2 heterocycles. The number of amides is 3. The molecule has 3 aliphatic rings. The highest BCUT2D eigenvalue weighted by molar-refractivity contribution is 6.00. The molecule has 1 aliphatic carbocycles. The molecule has 232 valence electrons. The minimum atomic E-state index is -0.875. The first-order valence-electron chi connectivity index (χ1n) is 15.6. The third kappa shape index (κ3) is 7.03. The fourth-order valence-corrected chi connectivity index (χ4v) is 6.82. The molecule has 4 N–H and O–H groups in total. The number of nitrogens with one attached hydrogen (secondary N) is 2. The number of ether oxygens (including phenoxy) is 1. The molecular weight excluding hydrogens is 548 g/mol. The van der Waals surface area contributed by atoms with Crippen LogP contribution in [0.4, 0.5) is 0 Å². The lowest BCUT2D eigenvalue weighted by molar-refractivity contribution is -0.163. The van der Waals surface area contributed by atoms with E-state index >= 15 is 0 Å². The first kappa shape index (κ1) is 31.0. The summed E-state index contributed by atoms with van der Waals surface area (Å²) in [5.41, 5.74) is 1.34. The van der Waals surface area contributed by atoms with Gasteiger partial charge in [0, 0.05) is 38.2 Å². The maximum Gasteiger partial charge on any atom is 0.274 e. The summed E-state index contributed by atoms with van der Waals surface area (Å²) in [4.78, 5) is 43.2. The van der Waals surface area contributed by atoms with Crippen molar-refractivity contribution in [2.75, 3.05) is 19.6 Å². The third-order valence-corrected chi connectivity index (χ3v) is 9.38. The number of benzene rings is 2. The molecule has 10 heteroatoms. The van der Waals surface area contributed by atoms with Crippen LogP contribution in [0, 0.1) is 0 Å². The lowest BCUT2D eigenvalue weighted by Gasteiger charge is -2.52. The number of rotatable bonds is 10. The van der Waals surface area contributed by atoms with Crippen molar-refractivity contribution in [3.63, 3.8) is 0 Å². The maximum atomic E-state index is 13.8. The van der Waals surface area contributed by atoms with Gasteiger partial charge in [0.05, 0.1) is 5.60 Å². The number of hydrogen-bond acceptors (Lipinski definition) is 7. The average molecular weight is 593 g/mol. The molecule has 0 unspecified atom stereocenters. The zero-order valence-corrected chi connectivity index (χ0v) is 25.0. The summed E-state index contributed by atoms with van der Waals surface area (Å²) in [5.74, 6) is 0.548. The molecule has 2 aromatic rings. The summed E-state index contributed by atoms with van der Waals surface area (Å²) < 4.78 is 5.89. The van der Waals surface area contributed by atoms with Gasteiger partial charge >= 0.3 is 0 Å². The maximum absolute atomic E-state index is 13.8. The lowest BCUT2D eigenvalue weighted by atomic mass is 9.77. The molecule has 2 aromatic carbocycles. The Morgan fingerprint density at radius 1 is 0.977 bits per heavy atom. The van der Waals surface area contributed by atoms with E-state index in [2.05, 4.69) is 17.1 Å². The highest BCUT2D eigenvalue weighted by atomic mass is 16.5. The predicted molar refractivity (Wildman–Crippen MR) is 161 cm³/mol. The average Bonchev–Trinajstić information content (AvgIpc) is 3.02. The quantitative estimate of drug-likeness (QED) is 0.241. The van der Waals surface area contributed by atoms with Crippen LogP contribution in [-0.4, -0.2) is 74.7 Å². The number of aliphatic hydroxyl groups is 1. The van der Waals surface area contributed by atoms with Crippen LogP contribution in [0.15, 0.2) is 48.5 Å². The number of unbranched alkanes of at least 4 members (excludes halogenated alkanes) is 1. The Morgan fingerprint density at radius 2 is 1.60 bits per heavy atom. The number of likely N-dealkylation sites (tertiary alicyclic amines) is 1. The van der Waals surface area contributed by atoms with Crippen molar-refractivity contribution in [2.24, 2.45) is 0 Å². The van der Waals surface area contributed by atoms with Crippen molar-refractivity contribution in [3.8, 4) is 11.5 Å². The number of nitrogens with zero attached hydrogens (tertiary/aromatic N) is 2. The zero-order chi connectivity index (χ0) is 30.5. The molecule has 43 heavy (non-hydrogen) atoms. The Bertz CT molecular complexity index is 1270. The smallest absolute Gasteiger partial charge is 0.274 e. The summed E-state index contributed by atoms with van der Waals surface area (Å²) in [7, 11) is 0. The van der Waals surface area contributed by atoms with Crippen molar-refractivity contribution in [1.82, 2.24) is 20.6 Å². The highest BCUT2D eigenvalue weighted by Crippen LogP contribution is 2.37. The van der Waals surface area contributed by atoms with Crippen LogP contribution < -0.4 is 15.5 Å². The fourth-order valence-electron chi connectivity index (χ4n) is 6.82. The summed E-state index contributed by atoms with van der Waals surface area (Å²) >= 11 is 0. The second-order valence-corrected chi connectivity index (χ2v) is 12.4. The minimum Gasteiger partial charge on any atom is -0.457 e. The molecule has 2 aliphatic heterocycles. The van der Waals surface area contributed by atoms with E-state index in [1.165, 1.54) is 0 Å².